The second kappa shape index (κ2) is 10.1. The predicted molar refractivity (Wildman–Crippen MR) is 142 cm³/mol. The van der Waals surface area contributed by atoms with Gasteiger partial charge in [-0.1, -0.05) is 114 Å². The van der Waals surface area contributed by atoms with Crippen LogP contribution >= 0.6 is 11.8 Å². The maximum absolute atomic E-state index is 13.7. The Labute approximate surface area is 209 Å². The molecule has 4 nitrogen and oxygen atoms in total. The topological polar surface area (TPSA) is 47.8 Å². The molecule has 5 aromatic rings. The highest BCUT2D eigenvalue weighted by atomic mass is 32.2. The highest BCUT2D eigenvalue weighted by Crippen LogP contribution is 2.39. The summed E-state index contributed by atoms with van der Waals surface area (Å²) in [4.78, 5) is 13.7. The first-order valence-corrected chi connectivity index (χ1v) is 12.4. The van der Waals surface area contributed by atoms with Crippen LogP contribution in [-0.2, 0) is 0 Å². The van der Waals surface area contributed by atoms with Crippen molar-refractivity contribution >= 4 is 17.5 Å². The lowest BCUT2D eigenvalue weighted by molar-refractivity contribution is 0.0989. The van der Waals surface area contributed by atoms with Gasteiger partial charge < -0.3 is 0 Å². The van der Waals surface area contributed by atoms with Gasteiger partial charge in [-0.05, 0) is 37.6 Å². The van der Waals surface area contributed by atoms with Crippen LogP contribution in [0.25, 0.3) is 17.1 Å². The lowest BCUT2D eigenvalue weighted by Crippen LogP contribution is -2.11. The zero-order valence-corrected chi connectivity index (χ0v) is 20.4. The van der Waals surface area contributed by atoms with Gasteiger partial charge in [0.25, 0.3) is 0 Å². The van der Waals surface area contributed by atoms with Gasteiger partial charge in [0.05, 0.1) is 0 Å². The fourth-order valence-electron chi connectivity index (χ4n) is 4.00. The van der Waals surface area contributed by atoms with Crippen molar-refractivity contribution < 1.29 is 4.79 Å². The number of ketones is 1. The molecule has 1 aromatic heterocycles. The molecule has 0 saturated carbocycles. The molecule has 0 bridgehead atoms. The van der Waals surface area contributed by atoms with Crippen LogP contribution in [0.5, 0.6) is 0 Å². The number of aromatic nitrogens is 3. The average Bonchev–Trinajstić information content (AvgIpc) is 3.32. The van der Waals surface area contributed by atoms with E-state index in [1.807, 2.05) is 77.4 Å². The molecule has 1 heterocycles. The number of carbonyl (C=O) groups excluding carboxylic acids is 1. The van der Waals surface area contributed by atoms with E-state index >= 15 is 0 Å². The van der Waals surface area contributed by atoms with Gasteiger partial charge in [-0.25, -0.2) is 0 Å². The maximum Gasteiger partial charge on any atom is 0.197 e. The summed E-state index contributed by atoms with van der Waals surface area (Å²) >= 11 is 1.43. The van der Waals surface area contributed by atoms with E-state index in [1.54, 1.807) is 0 Å². The molecule has 0 amide bonds. The van der Waals surface area contributed by atoms with Crippen molar-refractivity contribution in [3.63, 3.8) is 0 Å². The lowest BCUT2D eigenvalue weighted by Gasteiger charge is -2.17. The van der Waals surface area contributed by atoms with Crippen molar-refractivity contribution in [3.8, 4) is 17.1 Å². The Hall–Kier alpha value is -3.96. The Kier molecular flexibility index (Phi) is 6.59. The van der Waals surface area contributed by atoms with E-state index in [1.165, 1.54) is 17.3 Å². The van der Waals surface area contributed by atoms with Gasteiger partial charge in [-0.3, -0.25) is 9.36 Å². The molecule has 172 valence electrons. The molecular formula is C30H25N3OS. The molecule has 0 aliphatic heterocycles. The van der Waals surface area contributed by atoms with Gasteiger partial charge >= 0.3 is 0 Å². The number of hydrogen-bond donors (Lipinski definition) is 0. The zero-order valence-electron chi connectivity index (χ0n) is 19.6. The molecule has 4 aromatic carbocycles. The van der Waals surface area contributed by atoms with E-state index in [4.69, 9.17) is 0 Å². The SMILES string of the molecule is Cc1ccc(-n2c(SC(C(=O)c3ccccc3)c3ccccc3)nnc2-c2cccc(C)c2)cc1. The van der Waals surface area contributed by atoms with E-state index in [0.29, 0.717) is 10.7 Å². The van der Waals surface area contributed by atoms with Crippen LogP contribution in [-0.4, -0.2) is 20.5 Å². The van der Waals surface area contributed by atoms with Crippen molar-refractivity contribution in [1.82, 2.24) is 14.8 Å². The number of aryl methyl sites for hydroxylation is 2. The van der Waals surface area contributed by atoms with Crippen molar-refractivity contribution in [2.45, 2.75) is 24.3 Å². The molecule has 0 fully saturated rings. The lowest BCUT2D eigenvalue weighted by atomic mass is 10.0. The third kappa shape index (κ3) is 4.96. The predicted octanol–water partition coefficient (Wildman–Crippen LogP) is 7.27. The first kappa shape index (κ1) is 22.8. The summed E-state index contributed by atoms with van der Waals surface area (Å²) in [6, 6.07) is 35.8. The first-order chi connectivity index (χ1) is 17.1. The fraction of sp³-hybridized carbons (Fsp3) is 0.100. The molecule has 0 aliphatic rings. The van der Waals surface area contributed by atoms with Crippen LogP contribution < -0.4 is 0 Å². The molecule has 0 N–H and O–H groups in total. The van der Waals surface area contributed by atoms with Gasteiger partial charge in [0, 0.05) is 16.8 Å². The quantitative estimate of drug-likeness (QED) is 0.183. The van der Waals surface area contributed by atoms with Crippen LogP contribution in [0.1, 0.15) is 32.3 Å². The molecular weight excluding hydrogens is 450 g/mol. The monoisotopic (exact) mass is 475 g/mol. The number of carbonyl (C=O) groups is 1. The number of Topliss-reactive ketones (excluding diaryl/α,β-unsaturated/α-hetero) is 1. The highest BCUT2D eigenvalue weighted by molar-refractivity contribution is 8.00. The van der Waals surface area contributed by atoms with Crippen LogP contribution in [0, 0.1) is 13.8 Å². The second-order valence-corrected chi connectivity index (χ2v) is 9.56. The molecule has 5 heteroatoms. The first-order valence-electron chi connectivity index (χ1n) is 11.5. The van der Waals surface area contributed by atoms with Gasteiger partial charge in [0.1, 0.15) is 5.25 Å². The zero-order chi connectivity index (χ0) is 24.2. The Morgan fingerprint density at radius 2 is 1.43 bits per heavy atom. The van der Waals surface area contributed by atoms with Crippen molar-refractivity contribution in [1.29, 1.82) is 0 Å². The van der Waals surface area contributed by atoms with E-state index in [-0.39, 0.29) is 5.78 Å². The molecule has 0 aliphatic carbocycles. The minimum Gasteiger partial charge on any atom is -0.293 e. The standard InChI is InChI=1S/C30H25N3OS/c1-21-16-18-26(19-17-21)33-29(25-15-9-10-22(2)20-25)31-32-30(33)35-28(24-13-7-4-8-14-24)27(34)23-11-5-3-6-12-23/h3-20,28H,1-2H3. The normalized spacial score (nSPS) is 11.8. The summed E-state index contributed by atoms with van der Waals surface area (Å²) < 4.78 is 2.05. The van der Waals surface area contributed by atoms with Crippen molar-refractivity contribution in [3.05, 3.63) is 131 Å². The Balaban J connectivity index is 1.63. The smallest absolute Gasteiger partial charge is 0.197 e. The third-order valence-electron chi connectivity index (χ3n) is 5.82. The number of rotatable bonds is 7. The minimum absolute atomic E-state index is 0.0392. The summed E-state index contributed by atoms with van der Waals surface area (Å²) in [5, 5.41) is 9.38. The summed E-state index contributed by atoms with van der Waals surface area (Å²) in [6.07, 6.45) is 0. The molecule has 1 atom stereocenters. The number of benzene rings is 4. The van der Waals surface area contributed by atoms with Gasteiger partial charge in [0.15, 0.2) is 16.8 Å². The summed E-state index contributed by atoms with van der Waals surface area (Å²) in [5.41, 5.74) is 5.87. The van der Waals surface area contributed by atoms with Gasteiger partial charge in [-0.15, -0.1) is 10.2 Å². The highest BCUT2D eigenvalue weighted by Gasteiger charge is 2.27. The van der Waals surface area contributed by atoms with Gasteiger partial charge in [0.2, 0.25) is 0 Å². The minimum atomic E-state index is -0.461. The molecule has 1 unspecified atom stereocenters. The number of thioether (sulfide) groups is 1. The Bertz CT molecular complexity index is 1440. The number of nitrogens with zero attached hydrogens (tertiary/aromatic N) is 3. The summed E-state index contributed by atoms with van der Waals surface area (Å²) in [7, 11) is 0. The molecule has 0 spiro atoms. The van der Waals surface area contributed by atoms with Crippen LogP contribution in [0.3, 0.4) is 0 Å². The summed E-state index contributed by atoms with van der Waals surface area (Å²) in [6.45, 7) is 4.13. The fourth-order valence-corrected chi connectivity index (χ4v) is 5.14. The van der Waals surface area contributed by atoms with Gasteiger partial charge in [-0.2, -0.15) is 0 Å². The van der Waals surface area contributed by atoms with E-state index in [9.17, 15) is 4.79 Å². The van der Waals surface area contributed by atoms with Crippen molar-refractivity contribution in [2.75, 3.05) is 0 Å². The van der Waals surface area contributed by atoms with E-state index < -0.39 is 5.25 Å². The molecule has 35 heavy (non-hydrogen) atoms. The Morgan fingerprint density at radius 3 is 2.11 bits per heavy atom. The second-order valence-electron chi connectivity index (χ2n) is 8.49. The summed E-state index contributed by atoms with van der Waals surface area (Å²) in [5.74, 6) is 0.788. The average molecular weight is 476 g/mol. The van der Waals surface area contributed by atoms with Crippen LogP contribution in [0.2, 0.25) is 0 Å². The van der Waals surface area contributed by atoms with Crippen LogP contribution in [0.4, 0.5) is 0 Å². The number of hydrogen-bond acceptors (Lipinski definition) is 4. The van der Waals surface area contributed by atoms with E-state index in [2.05, 4.69) is 60.4 Å². The largest absolute Gasteiger partial charge is 0.293 e. The Morgan fingerprint density at radius 1 is 0.743 bits per heavy atom. The molecule has 5 rings (SSSR count). The van der Waals surface area contributed by atoms with Crippen molar-refractivity contribution in [2.24, 2.45) is 0 Å². The van der Waals surface area contributed by atoms with Crippen LogP contribution in [0.15, 0.2) is 114 Å². The molecule has 0 radical (unpaired) electrons. The molecule has 0 saturated heterocycles. The third-order valence-corrected chi connectivity index (χ3v) is 7.02. The van der Waals surface area contributed by atoms with E-state index in [0.717, 1.165) is 28.2 Å². The maximum atomic E-state index is 13.7.